The molecule has 1 aromatic heterocycles. The van der Waals surface area contributed by atoms with Gasteiger partial charge >= 0.3 is 0 Å². The third-order valence-corrected chi connectivity index (χ3v) is 7.64. The number of carbonyl (C=O) groups is 1. The van der Waals surface area contributed by atoms with E-state index in [0.29, 0.717) is 12.3 Å². The molecule has 0 aliphatic carbocycles. The monoisotopic (exact) mass is 447 g/mol. The molecule has 1 atom stereocenters. The average molecular weight is 448 g/mol. The lowest BCUT2D eigenvalue weighted by atomic mass is 9.78. The summed E-state index contributed by atoms with van der Waals surface area (Å²) in [7, 11) is 0. The maximum Gasteiger partial charge on any atom is 0.229 e. The lowest BCUT2D eigenvalue weighted by Crippen LogP contribution is -2.31. The van der Waals surface area contributed by atoms with E-state index in [1.54, 1.807) is 11.3 Å². The Morgan fingerprint density at radius 1 is 1.06 bits per heavy atom. The number of amides is 1. The van der Waals surface area contributed by atoms with Crippen molar-refractivity contribution in [1.82, 2.24) is 0 Å². The van der Waals surface area contributed by atoms with Crippen LogP contribution < -0.4 is 10.1 Å². The van der Waals surface area contributed by atoms with Gasteiger partial charge in [-0.25, -0.2) is 0 Å². The molecule has 4 rings (SSSR count). The molecule has 168 valence electrons. The van der Waals surface area contributed by atoms with E-state index in [2.05, 4.69) is 78.0 Å². The minimum atomic E-state index is -0.372. The van der Waals surface area contributed by atoms with Crippen molar-refractivity contribution in [2.45, 2.75) is 72.3 Å². The van der Waals surface area contributed by atoms with Gasteiger partial charge in [0.15, 0.2) is 0 Å². The minimum Gasteiger partial charge on any atom is -0.486 e. The van der Waals surface area contributed by atoms with Crippen molar-refractivity contribution in [1.29, 1.82) is 0 Å². The molecule has 2 aromatic carbocycles. The van der Waals surface area contributed by atoms with Crippen LogP contribution in [-0.4, -0.2) is 11.5 Å². The number of thiophene rings is 1. The fraction of sp³-hybridized carbons (Fsp3) is 0.393. The second kappa shape index (κ2) is 8.40. The largest absolute Gasteiger partial charge is 0.486 e. The van der Waals surface area contributed by atoms with Gasteiger partial charge in [-0.3, -0.25) is 4.79 Å². The van der Waals surface area contributed by atoms with E-state index in [-0.39, 0.29) is 17.4 Å². The molecule has 3 aromatic rings. The number of benzene rings is 2. The second-order valence-corrected chi connectivity index (χ2v) is 10.8. The van der Waals surface area contributed by atoms with Crippen LogP contribution >= 0.6 is 11.3 Å². The molecule has 0 radical (unpaired) electrons. The third kappa shape index (κ3) is 3.97. The van der Waals surface area contributed by atoms with Crippen molar-refractivity contribution < 1.29 is 9.53 Å². The Labute approximate surface area is 195 Å². The summed E-state index contributed by atoms with van der Waals surface area (Å²) in [6, 6.07) is 12.9. The summed E-state index contributed by atoms with van der Waals surface area (Å²) >= 11 is 1.61. The predicted molar refractivity (Wildman–Crippen MR) is 134 cm³/mol. The lowest BCUT2D eigenvalue weighted by Gasteiger charge is -2.27. The molecule has 3 nitrogen and oxygen atoms in total. The van der Waals surface area contributed by atoms with Crippen LogP contribution in [0.2, 0.25) is 0 Å². The number of anilines is 1. The average Bonchev–Trinajstić information content (AvgIpc) is 3.34. The van der Waals surface area contributed by atoms with Gasteiger partial charge in [0.1, 0.15) is 11.4 Å². The molecule has 0 bridgehead atoms. The molecule has 0 fully saturated rings. The number of ether oxygens (including phenoxy) is 1. The summed E-state index contributed by atoms with van der Waals surface area (Å²) < 4.78 is 6.57. The molecular weight excluding hydrogens is 414 g/mol. The van der Waals surface area contributed by atoms with Crippen LogP contribution in [0.3, 0.4) is 0 Å². The van der Waals surface area contributed by atoms with E-state index in [9.17, 15) is 4.79 Å². The maximum atomic E-state index is 12.8. The Bertz CT molecular complexity index is 1140. The number of fused-ring (bicyclic) bond motifs is 1. The normalized spacial score (nSPS) is 16.7. The highest BCUT2D eigenvalue weighted by Gasteiger charge is 2.45. The minimum absolute atomic E-state index is 0.0222. The Balaban J connectivity index is 1.77. The van der Waals surface area contributed by atoms with E-state index < -0.39 is 0 Å². The molecule has 1 unspecified atom stereocenters. The van der Waals surface area contributed by atoms with Gasteiger partial charge in [0.05, 0.1) is 12.3 Å². The summed E-state index contributed by atoms with van der Waals surface area (Å²) in [5.74, 6) is 1.60. The smallest absolute Gasteiger partial charge is 0.229 e. The molecule has 1 aliphatic heterocycles. The third-order valence-electron chi connectivity index (χ3n) is 6.77. The van der Waals surface area contributed by atoms with Gasteiger partial charge in [-0.1, -0.05) is 44.2 Å². The Morgan fingerprint density at radius 2 is 1.75 bits per heavy atom. The summed E-state index contributed by atoms with van der Waals surface area (Å²) in [5, 5.41) is 5.23. The van der Waals surface area contributed by atoms with Crippen molar-refractivity contribution in [3.05, 3.63) is 80.0 Å². The SMILES string of the molecule is Cc1c(C)c2c(c(C)c1NC(=O)Cc1cccs1)C(c1ccc(C(C)C)cc1)C(C)(C)O2. The first kappa shape index (κ1) is 22.6. The standard InChI is InChI=1S/C28H33NO2S/c1-16(2)20-10-12-21(13-11-20)25-24-19(5)26(29-23(30)15-22-9-8-14-32-22)17(3)18(4)27(24)31-28(25,6)7/h8-14,16,25H,15H2,1-7H3,(H,29,30). The van der Waals surface area contributed by atoms with E-state index in [4.69, 9.17) is 4.74 Å². The fourth-order valence-electron chi connectivity index (χ4n) is 4.88. The van der Waals surface area contributed by atoms with Crippen molar-refractivity contribution in [2.75, 3.05) is 5.32 Å². The highest BCUT2D eigenvalue weighted by atomic mass is 32.1. The molecule has 32 heavy (non-hydrogen) atoms. The molecule has 0 spiro atoms. The quantitative estimate of drug-likeness (QED) is 0.446. The summed E-state index contributed by atoms with van der Waals surface area (Å²) in [5.41, 5.74) is 7.62. The fourth-order valence-corrected chi connectivity index (χ4v) is 5.58. The first-order chi connectivity index (χ1) is 15.1. The Morgan fingerprint density at radius 3 is 2.34 bits per heavy atom. The Kier molecular flexibility index (Phi) is 5.93. The van der Waals surface area contributed by atoms with E-state index in [0.717, 1.165) is 33.0 Å². The van der Waals surface area contributed by atoms with Gasteiger partial charge in [0, 0.05) is 16.1 Å². The number of nitrogens with one attached hydrogen (secondary N) is 1. The molecular formula is C28H33NO2S. The summed E-state index contributed by atoms with van der Waals surface area (Å²) in [6.45, 7) is 15.1. The van der Waals surface area contributed by atoms with Crippen LogP contribution in [-0.2, 0) is 11.2 Å². The number of carbonyl (C=O) groups excluding carboxylic acids is 1. The van der Waals surface area contributed by atoms with E-state index in [1.165, 1.54) is 16.7 Å². The first-order valence-corrected chi connectivity index (χ1v) is 12.2. The molecule has 4 heteroatoms. The second-order valence-electron chi connectivity index (χ2n) is 9.76. The van der Waals surface area contributed by atoms with Crippen LogP contribution in [0.4, 0.5) is 5.69 Å². The highest BCUT2D eigenvalue weighted by Crippen LogP contribution is 2.53. The van der Waals surface area contributed by atoms with Crippen molar-refractivity contribution >= 4 is 22.9 Å². The molecule has 1 amide bonds. The van der Waals surface area contributed by atoms with Gasteiger partial charge in [0.2, 0.25) is 5.91 Å². The van der Waals surface area contributed by atoms with Crippen LogP contribution in [0.15, 0.2) is 41.8 Å². The van der Waals surface area contributed by atoms with Crippen LogP contribution in [0, 0.1) is 20.8 Å². The zero-order chi connectivity index (χ0) is 23.2. The number of hydrogen-bond donors (Lipinski definition) is 1. The summed E-state index contributed by atoms with van der Waals surface area (Å²) in [6.07, 6.45) is 0.398. The van der Waals surface area contributed by atoms with E-state index in [1.807, 2.05) is 17.5 Å². The topological polar surface area (TPSA) is 38.3 Å². The van der Waals surface area contributed by atoms with E-state index >= 15 is 0 Å². The van der Waals surface area contributed by atoms with Gasteiger partial charge < -0.3 is 10.1 Å². The predicted octanol–water partition coefficient (Wildman–Crippen LogP) is 7.28. The van der Waals surface area contributed by atoms with Gasteiger partial charge in [0.25, 0.3) is 0 Å². The lowest BCUT2D eigenvalue weighted by molar-refractivity contribution is -0.115. The molecule has 1 N–H and O–H groups in total. The van der Waals surface area contributed by atoms with Crippen molar-refractivity contribution in [3.8, 4) is 5.75 Å². The summed E-state index contributed by atoms with van der Waals surface area (Å²) in [4.78, 5) is 13.9. The van der Waals surface area contributed by atoms with Crippen LogP contribution in [0.1, 0.15) is 77.8 Å². The van der Waals surface area contributed by atoms with Crippen LogP contribution in [0.5, 0.6) is 5.75 Å². The van der Waals surface area contributed by atoms with Crippen LogP contribution in [0.25, 0.3) is 0 Å². The van der Waals surface area contributed by atoms with Gasteiger partial charge in [-0.05, 0) is 79.8 Å². The maximum absolute atomic E-state index is 12.8. The Hall–Kier alpha value is -2.59. The highest BCUT2D eigenvalue weighted by molar-refractivity contribution is 7.10. The number of hydrogen-bond acceptors (Lipinski definition) is 3. The molecule has 1 aliphatic rings. The zero-order valence-electron chi connectivity index (χ0n) is 20.1. The first-order valence-electron chi connectivity index (χ1n) is 11.3. The van der Waals surface area contributed by atoms with Crippen molar-refractivity contribution in [2.24, 2.45) is 0 Å². The zero-order valence-corrected chi connectivity index (χ0v) is 20.9. The molecule has 2 heterocycles. The van der Waals surface area contributed by atoms with Gasteiger partial charge in [-0.15, -0.1) is 11.3 Å². The van der Waals surface area contributed by atoms with Gasteiger partial charge in [-0.2, -0.15) is 0 Å². The number of rotatable bonds is 5. The molecule has 0 saturated carbocycles. The molecule has 0 saturated heterocycles. The van der Waals surface area contributed by atoms with Crippen molar-refractivity contribution in [3.63, 3.8) is 0 Å².